The Morgan fingerprint density at radius 2 is 1.90 bits per heavy atom. The summed E-state index contributed by atoms with van der Waals surface area (Å²) < 4.78 is 2.48. The maximum Gasteiger partial charge on any atom is 0.165 e. The van der Waals surface area contributed by atoms with Crippen LogP contribution in [0.4, 0.5) is 0 Å². The molecule has 0 aromatic carbocycles. The van der Waals surface area contributed by atoms with Crippen molar-refractivity contribution in [3.8, 4) is 0 Å². The van der Waals surface area contributed by atoms with Crippen LogP contribution in [0.25, 0.3) is 0 Å². The molecule has 0 amide bonds. The van der Waals surface area contributed by atoms with Crippen LogP contribution in [0.15, 0.2) is 12.3 Å². The molecule has 2 aliphatic carbocycles. The first-order chi connectivity index (χ1) is 9.89. The van der Waals surface area contributed by atoms with Gasteiger partial charge >= 0.3 is 0 Å². The van der Waals surface area contributed by atoms with Gasteiger partial charge in [-0.15, -0.1) is 0 Å². The van der Waals surface area contributed by atoms with E-state index in [1.54, 1.807) is 0 Å². The molecule has 0 N–H and O–H groups in total. The number of carbonyl (C=O) groups is 1. The van der Waals surface area contributed by atoms with Crippen LogP contribution in [0.1, 0.15) is 81.9 Å². The van der Waals surface area contributed by atoms with E-state index in [9.17, 15) is 4.79 Å². The van der Waals surface area contributed by atoms with E-state index in [0.29, 0.717) is 18.2 Å². The van der Waals surface area contributed by atoms with Gasteiger partial charge in [0.15, 0.2) is 5.78 Å². The lowest BCUT2D eigenvalue weighted by Gasteiger charge is -2.38. The highest BCUT2D eigenvalue weighted by Crippen LogP contribution is 2.42. The molecule has 21 heavy (non-hydrogen) atoms. The summed E-state index contributed by atoms with van der Waals surface area (Å²) in [6.07, 6.45) is 9.26. The predicted molar refractivity (Wildman–Crippen MR) is 86.7 cm³/mol. The summed E-state index contributed by atoms with van der Waals surface area (Å²) in [6, 6.07) is 2.68. The molecule has 2 unspecified atom stereocenters. The lowest BCUT2D eigenvalue weighted by atomic mass is 9.75. The van der Waals surface area contributed by atoms with Crippen molar-refractivity contribution in [1.29, 1.82) is 0 Å². The molecule has 2 atom stereocenters. The maximum absolute atomic E-state index is 12.4. The monoisotopic (exact) mass is 287 g/mol. The van der Waals surface area contributed by atoms with Gasteiger partial charge in [-0.05, 0) is 42.6 Å². The zero-order valence-corrected chi connectivity index (χ0v) is 14.0. The number of aromatic nitrogens is 1. The smallest absolute Gasteiger partial charge is 0.165 e. The van der Waals surface area contributed by atoms with E-state index < -0.39 is 0 Å². The molecule has 2 heteroatoms. The molecular formula is C19H29NO. The molecule has 1 saturated carbocycles. The average Bonchev–Trinajstić information content (AvgIpc) is 2.80. The summed E-state index contributed by atoms with van der Waals surface area (Å²) in [6.45, 7) is 9.17. The van der Waals surface area contributed by atoms with Crippen molar-refractivity contribution in [2.24, 2.45) is 17.3 Å². The summed E-state index contributed by atoms with van der Waals surface area (Å²) in [5, 5.41) is 0. The van der Waals surface area contributed by atoms with Gasteiger partial charge in [0.1, 0.15) is 0 Å². The van der Waals surface area contributed by atoms with Gasteiger partial charge in [-0.3, -0.25) is 4.79 Å². The van der Waals surface area contributed by atoms with E-state index in [1.165, 1.54) is 31.4 Å². The molecule has 1 fully saturated rings. The van der Waals surface area contributed by atoms with Crippen molar-refractivity contribution in [3.63, 3.8) is 0 Å². The fourth-order valence-electron chi connectivity index (χ4n) is 4.54. The highest BCUT2D eigenvalue weighted by atomic mass is 16.1. The van der Waals surface area contributed by atoms with E-state index in [-0.39, 0.29) is 5.41 Å². The van der Waals surface area contributed by atoms with Crippen LogP contribution in [0.5, 0.6) is 0 Å². The third kappa shape index (κ3) is 2.69. The lowest BCUT2D eigenvalue weighted by Crippen LogP contribution is -2.32. The van der Waals surface area contributed by atoms with Gasteiger partial charge in [0.25, 0.3) is 0 Å². The van der Waals surface area contributed by atoms with Crippen molar-refractivity contribution in [1.82, 2.24) is 4.57 Å². The molecule has 0 spiro atoms. The number of nitrogens with zero attached hydrogens (tertiary/aromatic N) is 1. The van der Waals surface area contributed by atoms with Crippen LogP contribution in [0.3, 0.4) is 0 Å². The van der Waals surface area contributed by atoms with Crippen molar-refractivity contribution < 1.29 is 4.79 Å². The Morgan fingerprint density at radius 1 is 1.19 bits per heavy atom. The number of Topliss-reactive ketones (excluding diaryl/α,β-unsaturated/α-hetero) is 1. The van der Waals surface area contributed by atoms with E-state index >= 15 is 0 Å². The van der Waals surface area contributed by atoms with Gasteiger partial charge in [0.2, 0.25) is 0 Å². The highest BCUT2D eigenvalue weighted by molar-refractivity contribution is 5.98. The topological polar surface area (TPSA) is 22.0 Å². The van der Waals surface area contributed by atoms with Crippen LogP contribution in [-0.2, 0) is 6.42 Å². The van der Waals surface area contributed by atoms with Gasteiger partial charge in [0, 0.05) is 29.9 Å². The largest absolute Gasteiger partial charge is 0.347 e. The zero-order chi connectivity index (χ0) is 15.2. The minimum atomic E-state index is 0.113. The second-order valence-electron chi connectivity index (χ2n) is 8.28. The summed E-state index contributed by atoms with van der Waals surface area (Å²) in [4.78, 5) is 12.4. The zero-order valence-electron chi connectivity index (χ0n) is 14.0. The van der Waals surface area contributed by atoms with Gasteiger partial charge < -0.3 is 4.57 Å². The Hall–Kier alpha value is -1.05. The predicted octanol–water partition coefficient (Wildman–Crippen LogP) is 5.03. The first kappa shape index (κ1) is 14.9. The first-order valence-electron chi connectivity index (χ1n) is 8.62. The number of hydrogen-bond donors (Lipinski definition) is 0. The molecule has 1 aromatic rings. The Kier molecular flexibility index (Phi) is 3.75. The Balaban J connectivity index is 1.98. The van der Waals surface area contributed by atoms with Crippen molar-refractivity contribution in [2.75, 3.05) is 0 Å². The molecule has 116 valence electrons. The number of rotatable bonds is 2. The number of fused-ring (bicyclic) bond motifs is 1. The van der Waals surface area contributed by atoms with E-state index in [1.807, 2.05) is 0 Å². The molecule has 1 aromatic heterocycles. The fourth-order valence-corrected chi connectivity index (χ4v) is 4.54. The van der Waals surface area contributed by atoms with Crippen LogP contribution in [-0.4, -0.2) is 10.4 Å². The first-order valence-corrected chi connectivity index (χ1v) is 8.62. The molecule has 0 aliphatic heterocycles. The Morgan fingerprint density at radius 3 is 2.62 bits per heavy atom. The summed E-state index contributed by atoms with van der Waals surface area (Å²) in [5.41, 5.74) is 2.43. The van der Waals surface area contributed by atoms with Crippen LogP contribution >= 0.6 is 0 Å². The molecule has 0 radical (unpaired) electrons. The second-order valence-corrected chi connectivity index (χ2v) is 8.28. The quantitative estimate of drug-likeness (QED) is 0.747. The molecule has 0 bridgehead atoms. The van der Waals surface area contributed by atoms with Crippen molar-refractivity contribution in [2.45, 2.75) is 72.3 Å². The van der Waals surface area contributed by atoms with Crippen molar-refractivity contribution >= 4 is 5.78 Å². The fraction of sp³-hybridized carbons (Fsp3) is 0.737. The van der Waals surface area contributed by atoms with E-state index in [2.05, 4.69) is 44.5 Å². The van der Waals surface area contributed by atoms with Gasteiger partial charge in [-0.1, -0.05) is 40.5 Å². The summed E-state index contributed by atoms with van der Waals surface area (Å²) >= 11 is 0. The summed E-state index contributed by atoms with van der Waals surface area (Å²) in [7, 11) is 0. The maximum atomic E-state index is 12.4. The third-order valence-corrected chi connectivity index (χ3v) is 5.61. The Labute approximate surface area is 128 Å². The molecular weight excluding hydrogens is 258 g/mol. The molecule has 0 saturated heterocycles. The molecule has 2 nitrogen and oxygen atoms in total. The normalized spacial score (nSPS) is 28.7. The lowest BCUT2D eigenvalue weighted by molar-refractivity contribution is 0.0906. The number of carbonyl (C=O) groups excluding carboxylic acids is 1. The van der Waals surface area contributed by atoms with Crippen LogP contribution in [0.2, 0.25) is 0 Å². The molecule has 1 heterocycles. The highest BCUT2D eigenvalue weighted by Gasteiger charge is 2.36. The molecule has 3 rings (SSSR count). The van der Waals surface area contributed by atoms with Crippen molar-refractivity contribution in [3.05, 3.63) is 23.5 Å². The third-order valence-electron chi connectivity index (χ3n) is 5.61. The average molecular weight is 287 g/mol. The van der Waals surface area contributed by atoms with E-state index in [0.717, 1.165) is 23.8 Å². The standard InChI is InChI=1S/C19H29NO/c1-13(2)14-7-5-6-8-16(14)20-10-9-15-17(20)11-19(3,4)12-18(15)21/h9-10,13-14,16H,5-8,11-12H2,1-4H3. The van der Waals surface area contributed by atoms with Crippen LogP contribution < -0.4 is 0 Å². The minimum absolute atomic E-state index is 0.113. The number of hydrogen-bond acceptors (Lipinski definition) is 1. The van der Waals surface area contributed by atoms with Gasteiger partial charge in [-0.25, -0.2) is 0 Å². The van der Waals surface area contributed by atoms with E-state index in [4.69, 9.17) is 0 Å². The molecule has 2 aliphatic rings. The summed E-state index contributed by atoms with van der Waals surface area (Å²) in [5.74, 6) is 1.83. The van der Waals surface area contributed by atoms with Gasteiger partial charge in [-0.2, -0.15) is 0 Å². The minimum Gasteiger partial charge on any atom is -0.347 e. The second kappa shape index (κ2) is 5.30. The number of ketones is 1. The van der Waals surface area contributed by atoms with Gasteiger partial charge in [0.05, 0.1) is 0 Å². The Bertz CT molecular complexity index is 538. The van der Waals surface area contributed by atoms with Crippen LogP contribution in [0, 0.1) is 17.3 Å². The SMILES string of the molecule is CC(C)C1CCCCC1n1ccc2c1CC(C)(C)CC2=O.